The summed E-state index contributed by atoms with van der Waals surface area (Å²) in [5.74, 6) is -0.688. The highest BCUT2D eigenvalue weighted by Gasteiger charge is 2.36. The van der Waals surface area contributed by atoms with E-state index in [0.29, 0.717) is 38.8 Å². The van der Waals surface area contributed by atoms with E-state index in [-0.39, 0.29) is 24.1 Å². The molecular formula is C24H15ClN4O3. The zero-order valence-electron chi connectivity index (χ0n) is 16.6. The molecule has 3 aromatic carbocycles. The van der Waals surface area contributed by atoms with Gasteiger partial charge in [0.05, 0.1) is 28.4 Å². The molecule has 0 N–H and O–H groups in total. The topological polar surface area (TPSA) is 85.2 Å². The van der Waals surface area contributed by atoms with Crippen LogP contribution in [0.1, 0.15) is 42.5 Å². The smallest absolute Gasteiger partial charge is 0.261 e. The first-order valence-electron chi connectivity index (χ1n) is 9.79. The molecule has 1 aromatic heterocycles. The summed E-state index contributed by atoms with van der Waals surface area (Å²) in [7, 11) is 0. The maximum Gasteiger partial charge on any atom is 0.261 e. The zero-order chi connectivity index (χ0) is 22.2. The molecule has 0 spiro atoms. The van der Waals surface area contributed by atoms with Gasteiger partial charge in [-0.3, -0.25) is 23.9 Å². The first-order valence-corrected chi connectivity index (χ1v) is 10.2. The third kappa shape index (κ3) is 3.19. The van der Waals surface area contributed by atoms with Crippen LogP contribution in [0, 0.1) is 0 Å². The highest BCUT2D eigenvalue weighted by molar-refractivity contribution is 6.35. The van der Waals surface area contributed by atoms with E-state index in [2.05, 4.69) is 10.2 Å². The summed E-state index contributed by atoms with van der Waals surface area (Å²) in [6.07, 6.45) is 1.45. The van der Waals surface area contributed by atoms with E-state index in [1.807, 2.05) is 0 Å². The normalized spacial score (nSPS) is 12.8. The number of hydrogen-bond donors (Lipinski definition) is 0. The van der Waals surface area contributed by atoms with E-state index in [9.17, 15) is 14.4 Å². The molecule has 0 bridgehead atoms. The van der Waals surface area contributed by atoms with Gasteiger partial charge in [-0.05, 0) is 36.4 Å². The van der Waals surface area contributed by atoms with Gasteiger partial charge in [0.2, 0.25) is 0 Å². The van der Waals surface area contributed by atoms with Crippen LogP contribution in [-0.4, -0.2) is 37.3 Å². The zero-order valence-corrected chi connectivity index (χ0v) is 17.4. The van der Waals surface area contributed by atoms with Crippen molar-refractivity contribution < 1.29 is 14.4 Å². The number of hydrogen-bond acceptors (Lipinski definition) is 5. The Kier molecular flexibility index (Phi) is 4.88. The average molecular weight is 443 g/mol. The van der Waals surface area contributed by atoms with Crippen LogP contribution < -0.4 is 0 Å². The lowest BCUT2D eigenvalue weighted by atomic mass is 10.0. The number of carbonyl (C=O) groups excluding carboxylic acids is 3. The minimum absolute atomic E-state index is 0.0824. The van der Waals surface area contributed by atoms with Crippen LogP contribution >= 0.6 is 11.6 Å². The van der Waals surface area contributed by atoms with Crippen LogP contribution in [0.25, 0.3) is 5.69 Å². The van der Waals surface area contributed by atoms with Crippen LogP contribution in [-0.2, 0) is 6.54 Å². The number of amides is 2. The lowest BCUT2D eigenvalue weighted by molar-refractivity contribution is 0.0637. The lowest BCUT2D eigenvalue weighted by Crippen LogP contribution is -2.30. The highest BCUT2D eigenvalue weighted by Crippen LogP contribution is 2.26. The molecule has 0 aliphatic carbocycles. The molecule has 0 fully saturated rings. The van der Waals surface area contributed by atoms with Gasteiger partial charge >= 0.3 is 0 Å². The van der Waals surface area contributed by atoms with Crippen LogP contribution in [0.4, 0.5) is 0 Å². The highest BCUT2D eigenvalue weighted by atomic mass is 35.5. The summed E-state index contributed by atoms with van der Waals surface area (Å²) >= 11 is 6.23. The van der Waals surface area contributed by atoms with Crippen molar-refractivity contribution in [2.75, 3.05) is 0 Å². The second-order valence-electron chi connectivity index (χ2n) is 7.19. The quantitative estimate of drug-likeness (QED) is 0.345. The Morgan fingerprint density at radius 3 is 2.09 bits per heavy atom. The Hall–Kier alpha value is -4.10. The molecule has 0 atom stereocenters. The van der Waals surface area contributed by atoms with Gasteiger partial charge in [0.25, 0.3) is 11.8 Å². The Labute approximate surface area is 187 Å². The molecule has 32 heavy (non-hydrogen) atoms. The van der Waals surface area contributed by atoms with Gasteiger partial charge in [0, 0.05) is 11.1 Å². The number of halogens is 1. The Morgan fingerprint density at radius 1 is 0.812 bits per heavy atom. The van der Waals surface area contributed by atoms with Crippen molar-refractivity contribution in [3.63, 3.8) is 0 Å². The van der Waals surface area contributed by atoms with E-state index >= 15 is 0 Å². The standard InChI is InChI=1S/C24H15ClN4O3/c25-19-11-5-3-9-17(19)22(30)18-10-4-6-12-20(18)29-14-26-27-21(29)13-28-23(31)15-7-1-2-8-16(15)24(28)32/h1-12,14H,13H2. The second kappa shape index (κ2) is 7.86. The van der Waals surface area contributed by atoms with Crippen LogP contribution in [0.5, 0.6) is 0 Å². The first kappa shape index (κ1) is 19.8. The fraction of sp³-hybridized carbons (Fsp3) is 0.0417. The summed E-state index contributed by atoms with van der Waals surface area (Å²) < 4.78 is 1.60. The lowest BCUT2D eigenvalue weighted by Gasteiger charge is -2.16. The minimum Gasteiger partial charge on any atom is -0.288 e. The molecule has 1 aliphatic heterocycles. The molecule has 8 heteroatoms. The number of fused-ring (bicyclic) bond motifs is 1. The summed E-state index contributed by atoms with van der Waals surface area (Å²) in [6.45, 7) is -0.0824. The van der Waals surface area contributed by atoms with E-state index in [0.717, 1.165) is 4.90 Å². The van der Waals surface area contributed by atoms with E-state index in [1.54, 1.807) is 77.4 Å². The Balaban J connectivity index is 1.52. The maximum absolute atomic E-state index is 13.2. The summed E-state index contributed by atoms with van der Waals surface area (Å²) in [5.41, 5.74) is 2.00. The largest absolute Gasteiger partial charge is 0.288 e. The van der Waals surface area contributed by atoms with Gasteiger partial charge in [0.1, 0.15) is 6.33 Å². The van der Waals surface area contributed by atoms with Gasteiger partial charge in [-0.1, -0.05) is 48.0 Å². The summed E-state index contributed by atoms with van der Waals surface area (Å²) in [6, 6.07) is 20.5. The number of para-hydroxylation sites is 1. The van der Waals surface area contributed by atoms with Crippen molar-refractivity contribution in [3.05, 3.63) is 112 Å². The molecule has 2 heterocycles. The van der Waals surface area contributed by atoms with Crippen molar-refractivity contribution in [1.82, 2.24) is 19.7 Å². The summed E-state index contributed by atoms with van der Waals surface area (Å²) in [4.78, 5) is 39.9. The van der Waals surface area contributed by atoms with Crippen LogP contribution in [0.3, 0.4) is 0 Å². The molecular weight excluding hydrogens is 428 g/mol. The predicted octanol–water partition coefficient (Wildman–Crippen LogP) is 3.95. The van der Waals surface area contributed by atoms with E-state index in [4.69, 9.17) is 11.6 Å². The van der Waals surface area contributed by atoms with E-state index in [1.165, 1.54) is 6.33 Å². The predicted molar refractivity (Wildman–Crippen MR) is 117 cm³/mol. The maximum atomic E-state index is 13.2. The number of nitrogens with zero attached hydrogens (tertiary/aromatic N) is 4. The summed E-state index contributed by atoms with van der Waals surface area (Å²) in [5, 5.41) is 8.41. The molecule has 4 aromatic rings. The van der Waals surface area contributed by atoms with Crippen molar-refractivity contribution in [2.24, 2.45) is 0 Å². The first-order chi connectivity index (χ1) is 15.6. The van der Waals surface area contributed by atoms with Crippen molar-refractivity contribution in [3.8, 4) is 5.69 Å². The molecule has 0 saturated heterocycles. The fourth-order valence-electron chi connectivity index (χ4n) is 3.76. The Morgan fingerprint density at radius 2 is 1.41 bits per heavy atom. The van der Waals surface area contributed by atoms with Crippen molar-refractivity contribution >= 4 is 29.2 Å². The number of aromatic nitrogens is 3. The fourth-order valence-corrected chi connectivity index (χ4v) is 3.98. The second-order valence-corrected chi connectivity index (χ2v) is 7.59. The molecule has 1 aliphatic rings. The molecule has 0 radical (unpaired) electrons. The minimum atomic E-state index is -0.388. The number of ketones is 1. The van der Waals surface area contributed by atoms with E-state index < -0.39 is 0 Å². The number of carbonyl (C=O) groups is 3. The molecule has 156 valence electrons. The molecule has 0 saturated carbocycles. The molecule has 0 unspecified atom stereocenters. The van der Waals surface area contributed by atoms with Crippen LogP contribution in [0.2, 0.25) is 5.02 Å². The van der Waals surface area contributed by atoms with Gasteiger partial charge in [-0.25, -0.2) is 0 Å². The monoisotopic (exact) mass is 442 g/mol. The van der Waals surface area contributed by atoms with Crippen LogP contribution in [0.15, 0.2) is 79.1 Å². The molecule has 2 amide bonds. The molecule has 7 nitrogen and oxygen atoms in total. The third-order valence-corrected chi connectivity index (χ3v) is 5.65. The number of rotatable bonds is 5. The van der Waals surface area contributed by atoms with Crippen molar-refractivity contribution in [1.29, 1.82) is 0 Å². The van der Waals surface area contributed by atoms with Gasteiger partial charge in [0.15, 0.2) is 11.6 Å². The number of benzene rings is 3. The number of imide groups is 1. The van der Waals surface area contributed by atoms with Gasteiger partial charge in [-0.2, -0.15) is 0 Å². The third-order valence-electron chi connectivity index (χ3n) is 5.32. The van der Waals surface area contributed by atoms with Gasteiger partial charge in [-0.15, -0.1) is 10.2 Å². The molecule has 5 rings (SSSR count). The average Bonchev–Trinajstić information content (AvgIpc) is 3.38. The SMILES string of the molecule is O=C(c1ccccc1Cl)c1ccccc1-n1cnnc1CN1C(=O)c2ccccc2C1=O. The van der Waals surface area contributed by atoms with Gasteiger partial charge < -0.3 is 0 Å². The Bertz CT molecular complexity index is 1360. The van der Waals surface area contributed by atoms with Crippen molar-refractivity contribution in [2.45, 2.75) is 6.54 Å².